The fourth-order valence-electron chi connectivity index (χ4n) is 2.48. The average molecular weight is 265 g/mol. The van der Waals surface area contributed by atoms with E-state index in [-0.39, 0.29) is 18.4 Å². The highest BCUT2D eigenvalue weighted by Crippen LogP contribution is 2.39. The van der Waals surface area contributed by atoms with Crippen LogP contribution < -0.4 is 0 Å². The van der Waals surface area contributed by atoms with E-state index in [2.05, 4.69) is 6.07 Å². The summed E-state index contributed by atoms with van der Waals surface area (Å²) in [6.45, 7) is 2.57. The zero-order valence-corrected chi connectivity index (χ0v) is 12.1. The van der Waals surface area contributed by atoms with Gasteiger partial charge in [-0.05, 0) is 19.3 Å². The van der Waals surface area contributed by atoms with Crippen molar-refractivity contribution in [2.45, 2.75) is 39.0 Å². The molecule has 2 amide bonds. The minimum atomic E-state index is -0.887. The van der Waals surface area contributed by atoms with Gasteiger partial charge < -0.3 is 9.80 Å². The summed E-state index contributed by atoms with van der Waals surface area (Å²) >= 11 is 0. The van der Waals surface area contributed by atoms with Crippen LogP contribution in [0, 0.1) is 16.7 Å². The van der Waals surface area contributed by atoms with Crippen LogP contribution in [-0.4, -0.2) is 48.8 Å². The van der Waals surface area contributed by atoms with Crippen LogP contribution >= 0.6 is 0 Å². The molecule has 0 N–H and O–H groups in total. The third-order valence-corrected chi connectivity index (χ3v) is 3.69. The van der Waals surface area contributed by atoms with Crippen LogP contribution in [0.1, 0.15) is 39.0 Å². The Balaban J connectivity index is 2.83. The molecule has 0 heterocycles. The van der Waals surface area contributed by atoms with Crippen molar-refractivity contribution < 1.29 is 9.59 Å². The molecule has 106 valence electrons. The first-order chi connectivity index (χ1) is 8.96. The Kier molecular flexibility index (Phi) is 5.34. The molecule has 1 aliphatic carbocycles. The summed E-state index contributed by atoms with van der Waals surface area (Å²) in [5, 5.41) is 9.35. The van der Waals surface area contributed by atoms with E-state index in [4.69, 9.17) is 0 Å². The minimum Gasteiger partial charge on any atom is -0.347 e. The normalized spacial score (nSPS) is 16.7. The lowest BCUT2D eigenvalue weighted by atomic mass is 9.86. The van der Waals surface area contributed by atoms with Crippen LogP contribution in [0.15, 0.2) is 0 Å². The number of hydrogen-bond donors (Lipinski definition) is 0. The third-order valence-electron chi connectivity index (χ3n) is 3.69. The summed E-state index contributed by atoms with van der Waals surface area (Å²) in [5.74, 6) is -0.266. The first-order valence-corrected chi connectivity index (χ1v) is 6.87. The summed E-state index contributed by atoms with van der Waals surface area (Å²) in [4.78, 5) is 27.4. The van der Waals surface area contributed by atoms with Gasteiger partial charge in [0, 0.05) is 20.6 Å². The monoisotopic (exact) mass is 265 g/mol. The first-order valence-electron chi connectivity index (χ1n) is 6.87. The van der Waals surface area contributed by atoms with Gasteiger partial charge in [-0.15, -0.1) is 0 Å². The van der Waals surface area contributed by atoms with Crippen molar-refractivity contribution in [1.29, 1.82) is 5.26 Å². The number of carbonyl (C=O) groups excluding carboxylic acids is 2. The highest BCUT2D eigenvalue weighted by atomic mass is 16.2. The minimum absolute atomic E-state index is 0.0725. The Morgan fingerprint density at radius 3 is 2.26 bits per heavy atom. The fraction of sp³-hybridized carbons (Fsp3) is 0.786. The van der Waals surface area contributed by atoms with Crippen molar-refractivity contribution in [2.24, 2.45) is 5.41 Å². The summed E-state index contributed by atoms with van der Waals surface area (Å²) < 4.78 is 0. The molecule has 0 radical (unpaired) electrons. The van der Waals surface area contributed by atoms with Gasteiger partial charge in [0.1, 0.15) is 5.41 Å². The quantitative estimate of drug-likeness (QED) is 0.754. The molecule has 1 saturated carbocycles. The molecule has 0 aromatic heterocycles. The van der Waals surface area contributed by atoms with Gasteiger partial charge in [0.15, 0.2) is 0 Å². The number of amides is 2. The Labute approximate surface area is 115 Å². The largest absolute Gasteiger partial charge is 0.347 e. The molecule has 1 rings (SSSR count). The van der Waals surface area contributed by atoms with Crippen LogP contribution in [0.5, 0.6) is 0 Å². The van der Waals surface area contributed by atoms with Gasteiger partial charge in [0.2, 0.25) is 11.8 Å². The highest BCUT2D eigenvalue weighted by Gasteiger charge is 2.44. The number of hydrogen-bond acceptors (Lipinski definition) is 3. The Hall–Kier alpha value is -1.57. The zero-order valence-electron chi connectivity index (χ0n) is 12.1. The Bertz CT molecular complexity index is 379. The maximum Gasteiger partial charge on any atom is 0.243 e. The van der Waals surface area contributed by atoms with E-state index in [0.717, 1.165) is 19.3 Å². The SMILES string of the molecule is CCCN(CC(=O)N(C)C)C(=O)C1(C#N)CCCC1. The van der Waals surface area contributed by atoms with E-state index in [1.807, 2.05) is 6.92 Å². The van der Waals surface area contributed by atoms with E-state index in [0.29, 0.717) is 19.4 Å². The number of nitriles is 1. The van der Waals surface area contributed by atoms with Crippen LogP contribution in [0.25, 0.3) is 0 Å². The van der Waals surface area contributed by atoms with Crippen molar-refractivity contribution in [3.05, 3.63) is 0 Å². The van der Waals surface area contributed by atoms with Gasteiger partial charge >= 0.3 is 0 Å². The second-order valence-electron chi connectivity index (χ2n) is 5.42. The van der Waals surface area contributed by atoms with Crippen molar-refractivity contribution in [3.63, 3.8) is 0 Å². The molecule has 19 heavy (non-hydrogen) atoms. The molecule has 5 heteroatoms. The summed E-state index contributed by atoms with van der Waals surface area (Å²) in [6.07, 6.45) is 3.87. The van der Waals surface area contributed by atoms with Gasteiger partial charge in [-0.1, -0.05) is 19.8 Å². The molecule has 5 nitrogen and oxygen atoms in total. The Morgan fingerprint density at radius 1 is 1.26 bits per heavy atom. The van der Waals surface area contributed by atoms with Gasteiger partial charge in [0.05, 0.1) is 12.6 Å². The van der Waals surface area contributed by atoms with Gasteiger partial charge in [0.25, 0.3) is 0 Å². The molecule has 0 aromatic rings. The zero-order chi connectivity index (χ0) is 14.5. The molecule has 0 aliphatic heterocycles. The van der Waals surface area contributed by atoms with Crippen molar-refractivity contribution in [1.82, 2.24) is 9.80 Å². The average Bonchev–Trinajstić information content (AvgIpc) is 2.87. The van der Waals surface area contributed by atoms with Crippen molar-refractivity contribution in [3.8, 4) is 6.07 Å². The standard InChI is InChI=1S/C14H23N3O2/c1-4-9-17(10-12(18)16(2)3)13(19)14(11-15)7-5-6-8-14/h4-10H2,1-3H3. The second-order valence-corrected chi connectivity index (χ2v) is 5.42. The van der Waals surface area contributed by atoms with E-state index in [1.54, 1.807) is 19.0 Å². The number of likely N-dealkylation sites (N-methyl/N-ethyl adjacent to an activating group) is 1. The topological polar surface area (TPSA) is 64.4 Å². The van der Waals surface area contributed by atoms with Gasteiger partial charge in [-0.2, -0.15) is 5.26 Å². The molecule has 0 unspecified atom stereocenters. The first kappa shape index (κ1) is 15.5. The maximum atomic E-state index is 12.6. The molecule has 0 saturated heterocycles. The molecule has 0 aromatic carbocycles. The molecular formula is C14H23N3O2. The van der Waals surface area contributed by atoms with E-state index in [9.17, 15) is 14.9 Å². The fourth-order valence-corrected chi connectivity index (χ4v) is 2.48. The van der Waals surface area contributed by atoms with E-state index in [1.165, 1.54) is 4.90 Å². The van der Waals surface area contributed by atoms with E-state index >= 15 is 0 Å². The lowest BCUT2D eigenvalue weighted by Gasteiger charge is -2.30. The number of carbonyl (C=O) groups is 2. The third kappa shape index (κ3) is 3.46. The number of rotatable bonds is 5. The smallest absolute Gasteiger partial charge is 0.243 e. The van der Waals surface area contributed by atoms with Crippen molar-refractivity contribution >= 4 is 11.8 Å². The van der Waals surface area contributed by atoms with Crippen LogP contribution in [-0.2, 0) is 9.59 Å². The van der Waals surface area contributed by atoms with Crippen molar-refractivity contribution in [2.75, 3.05) is 27.2 Å². The molecule has 0 atom stereocenters. The molecular weight excluding hydrogens is 242 g/mol. The summed E-state index contributed by atoms with van der Waals surface area (Å²) in [5.41, 5.74) is -0.887. The lowest BCUT2D eigenvalue weighted by molar-refractivity contribution is -0.144. The van der Waals surface area contributed by atoms with Crippen LogP contribution in [0.3, 0.4) is 0 Å². The Morgan fingerprint density at radius 2 is 1.84 bits per heavy atom. The second kappa shape index (κ2) is 6.55. The van der Waals surface area contributed by atoms with Crippen LogP contribution in [0.2, 0.25) is 0 Å². The molecule has 0 bridgehead atoms. The van der Waals surface area contributed by atoms with Gasteiger partial charge in [-0.3, -0.25) is 9.59 Å². The predicted molar refractivity (Wildman–Crippen MR) is 72.1 cm³/mol. The predicted octanol–water partition coefficient (Wildman–Crippen LogP) is 1.40. The highest BCUT2D eigenvalue weighted by molar-refractivity contribution is 5.89. The molecule has 0 spiro atoms. The summed E-state index contributed by atoms with van der Waals surface area (Å²) in [6, 6.07) is 2.20. The molecule has 1 fully saturated rings. The molecule has 1 aliphatic rings. The lowest BCUT2D eigenvalue weighted by Crippen LogP contribution is -2.46. The number of nitrogens with zero attached hydrogens (tertiary/aromatic N) is 3. The van der Waals surface area contributed by atoms with Crippen LogP contribution in [0.4, 0.5) is 0 Å². The summed E-state index contributed by atoms with van der Waals surface area (Å²) in [7, 11) is 3.35. The van der Waals surface area contributed by atoms with E-state index < -0.39 is 5.41 Å². The maximum absolute atomic E-state index is 12.6. The van der Waals surface area contributed by atoms with Gasteiger partial charge in [-0.25, -0.2) is 0 Å².